The van der Waals surface area contributed by atoms with Crippen LogP contribution in [0.2, 0.25) is 0 Å². The molecule has 21 heavy (non-hydrogen) atoms. The zero-order valence-electron chi connectivity index (χ0n) is 11.9. The van der Waals surface area contributed by atoms with E-state index in [9.17, 15) is 9.59 Å². The molecular formula is C14H20N2O4S. The fraction of sp³-hybridized carbons (Fsp3) is 0.571. The molecule has 1 aliphatic rings. The SMILES string of the molecule is CCC(NC(=O)N1CCOC(CC(=O)O)C1)c1cccs1. The van der Waals surface area contributed by atoms with Gasteiger partial charge in [-0.1, -0.05) is 13.0 Å². The molecule has 1 fully saturated rings. The van der Waals surface area contributed by atoms with Gasteiger partial charge in [-0.15, -0.1) is 11.3 Å². The first kappa shape index (κ1) is 15.8. The average molecular weight is 312 g/mol. The summed E-state index contributed by atoms with van der Waals surface area (Å²) in [5.74, 6) is -0.910. The van der Waals surface area contributed by atoms with Crippen LogP contribution in [0, 0.1) is 0 Å². The lowest BCUT2D eigenvalue weighted by Crippen LogP contribution is -2.50. The number of hydrogen-bond donors (Lipinski definition) is 2. The highest BCUT2D eigenvalue weighted by Gasteiger charge is 2.27. The minimum absolute atomic E-state index is 0.00160. The van der Waals surface area contributed by atoms with Crippen molar-refractivity contribution in [3.8, 4) is 0 Å². The number of carboxylic acids is 1. The molecule has 2 unspecified atom stereocenters. The topological polar surface area (TPSA) is 78.9 Å². The predicted molar refractivity (Wildman–Crippen MR) is 79.4 cm³/mol. The van der Waals surface area contributed by atoms with Crippen LogP contribution in [0.15, 0.2) is 17.5 Å². The molecule has 6 nitrogen and oxygen atoms in total. The largest absolute Gasteiger partial charge is 0.481 e. The molecule has 1 aromatic heterocycles. The molecule has 1 saturated heterocycles. The number of nitrogens with one attached hydrogen (secondary N) is 1. The summed E-state index contributed by atoms with van der Waals surface area (Å²) >= 11 is 1.62. The third-order valence-electron chi connectivity index (χ3n) is 3.42. The van der Waals surface area contributed by atoms with E-state index in [1.807, 2.05) is 24.4 Å². The lowest BCUT2D eigenvalue weighted by atomic mass is 10.2. The first-order chi connectivity index (χ1) is 10.1. The van der Waals surface area contributed by atoms with E-state index >= 15 is 0 Å². The van der Waals surface area contributed by atoms with E-state index in [4.69, 9.17) is 9.84 Å². The summed E-state index contributed by atoms with van der Waals surface area (Å²) in [6, 6.07) is 3.81. The summed E-state index contributed by atoms with van der Waals surface area (Å²) in [7, 11) is 0. The maximum absolute atomic E-state index is 12.3. The molecule has 2 rings (SSSR count). The highest BCUT2D eigenvalue weighted by molar-refractivity contribution is 7.10. The van der Waals surface area contributed by atoms with Gasteiger partial charge in [-0.25, -0.2) is 4.79 Å². The van der Waals surface area contributed by atoms with Crippen molar-refractivity contribution in [2.24, 2.45) is 0 Å². The Morgan fingerprint density at radius 1 is 1.62 bits per heavy atom. The average Bonchev–Trinajstić information content (AvgIpc) is 2.98. The zero-order valence-corrected chi connectivity index (χ0v) is 12.8. The third-order valence-corrected chi connectivity index (χ3v) is 4.41. The maximum Gasteiger partial charge on any atom is 0.318 e. The van der Waals surface area contributed by atoms with Gasteiger partial charge in [0, 0.05) is 18.0 Å². The summed E-state index contributed by atoms with van der Waals surface area (Å²) in [5, 5.41) is 13.8. The van der Waals surface area contributed by atoms with Crippen LogP contribution in [0.3, 0.4) is 0 Å². The van der Waals surface area contributed by atoms with E-state index in [1.165, 1.54) is 0 Å². The smallest absolute Gasteiger partial charge is 0.318 e. The quantitative estimate of drug-likeness (QED) is 0.872. The number of amides is 2. The van der Waals surface area contributed by atoms with Crippen LogP contribution in [0.5, 0.6) is 0 Å². The van der Waals surface area contributed by atoms with E-state index < -0.39 is 12.1 Å². The molecule has 116 valence electrons. The summed E-state index contributed by atoms with van der Waals surface area (Å²) < 4.78 is 5.37. The summed E-state index contributed by atoms with van der Waals surface area (Å²) in [6.07, 6.45) is 0.310. The van der Waals surface area contributed by atoms with Gasteiger partial charge in [0.1, 0.15) is 0 Å². The van der Waals surface area contributed by atoms with Crippen LogP contribution in [-0.4, -0.2) is 47.8 Å². The van der Waals surface area contributed by atoms with Gasteiger partial charge in [-0.05, 0) is 17.9 Å². The van der Waals surface area contributed by atoms with E-state index in [0.29, 0.717) is 19.7 Å². The Morgan fingerprint density at radius 2 is 2.43 bits per heavy atom. The summed E-state index contributed by atoms with van der Waals surface area (Å²) in [4.78, 5) is 25.8. The van der Waals surface area contributed by atoms with Crippen molar-refractivity contribution in [3.63, 3.8) is 0 Å². The number of nitrogens with zero attached hydrogens (tertiary/aromatic N) is 1. The maximum atomic E-state index is 12.3. The van der Waals surface area contributed by atoms with Gasteiger partial charge in [0.15, 0.2) is 0 Å². The van der Waals surface area contributed by atoms with Gasteiger partial charge >= 0.3 is 12.0 Å². The molecule has 0 spiro atoms. The number of carbonyl (C=O) groups is 2. The number of rotatable bonds is 5. The Labute approximate surface area is 127 Å². The van der Waals surface area contributed by atoms with Crippen LogP contribution in [0.1, 0.15) is 30.7 Å². The Kier molecular flexibility index (Phi) is 5.58. The van der Waals surface area contributed by atoms with E-state index in [1.54, 1.807) is 16.2 Å². The number of ether oxygens (including phenoxy) is 1. The lowest BCUT2D eigenvalue weighted by Gasteiger charge is -2.33. The Hall–Kier alpha value is -1.60. The monoisotopic (exact) mass is 312 g/mol. The fourth-order valence-electron chi connectivity index (χ4n) is 2.33. The van der Waals surface area contributed by atoms with Crippen molar-refractivity contribution in [1.29, 1.82) is 0 Å². The molecule has 7 heteroatoms. The van der Waals surface area contributed by atoms with Crippen molar-refractivity contribution in [3.05, 3.63) is 22.4 Å². The highest BCUT2D eigenvalue weighted by atomic mass is 32.1. The molecule has 0 aliphatic carbocycles. The summed E-state index contributed by atoms with van der Waals surface area (Å²) in [6.45, 7) is 3.21. The molecule has 2 heterocycles. The second-order valence-corrected chi connectivity index (χ2v) is 5.94. The molecule has 2 amide bonds. The van der Waals surface area contributed by atoms with Crippen molar-refractivity contribution in [1.82, 2.24) is 10.2 Å². The van der Waals surface area contributed by atoms with Gasteiger partial charge < -0.3 is 20.1 Å². The first-order valence-electron chi connectivity index (χ1n) is 7.02. The van der Waals surface area contributed by atoms with Gasteiger partial charge in [-0.2, -0.15) is 0 Å². The number of urea groups is 1. The molecule has 0 radical (unpaired) electrons. The van der Waals surface area contributed by atoms with Crippen LogP contribution in [0.25, 0.3) is 0 Å². The molecule has 1 aliphatic heterocycles. The molecule has 2 N–H and O–H groups in total. The summed E-state index contributed by atoms with van der Waals surface area (Å²) in [5.41, 5.74) is 0. The number of morpholine rings is 1. The third kappa shape index (κ3) is 4.44. The van der Waals surface area contributed by atoms with Gasteiger partial charge in [0.25, 0.3) is 0 Å². The van der Waals surface area contributed by atoms with Crippen LogP contribution >= 0.6 is 11.3 Å². The highest BCUT2D eigenvalue weighted by Crippen LogP contribution is 2.22. The number of aliphatic carboxylic acids is 1. The molecule has 1 aromatic rings. The minimum Gasteiger partial charge on any atom is -0.481 e. The number of hydrogen-bond acceptors (Lipinski definition) is 4. The standard InChI is InChI=1S/C14H20N2O4S/c1-2-11(12-4-3-7-21-12)15-14(19)16-5-6-20-10(9-16)8-13(17)18/h3-4,7,10-11H,2,5-6,8-9H2,1H3,(H,15,19)(H,17,18). The molecule has 0 bridgehead atoms. The van der Waals surface area contributed by atoms with Crippen molar-refractivity contribution in [2.45, 2.75) is 31.9 Å². The van der Waals surface area contributed by atoms with Crippen molar-refractivity contribution < 1.29 is 19.4 Å². The van der Waals surface area contributed by atoms with E-state index in [-0.39, 0.29) is 18.5 Å². The van der Waals surface area contributed by atoms with Crippen LogP contribution in [-0.2, 0) is 9.53 Å². The van der Waals surface area contributed by atoms with Gasteiger partial charge in [0.2, 0.25) is 0 Å². The molecule has 2 atom stereocenters. The Balaban J connectivity index is 1.91. The van der Waals surface area contributed by atoms with E-state index in [2.05, 4.69) is 5.32 Å². The number of carboxylic acid groups (broad SMARTS) is 1. The second kappa shape index (κ2) is 7.42. The number of carbonyl (C=O) groups excluding carboxylic acids is 1. The van der Waals surface area contributed by atoms with Crippen molar-refractivity contribution in [2.75, 3.05) is 19.7 Å². The van der Waals surface area contributed by atoms with Crippen molar-refractivity contribution >= 4 is 23.3 Å². The lowest BCUT2D eigenvalue weighted by molar-refractivity contribution is -0.141. The van der Waals surface area contributed by atoms with Crippen LogP contribution < -0.4 is 5.32 Å². The fourth-order valence-corrected chi connectivity index (χ4v) is 3.19. The minimum atomic E-state index is -0.910. The second-order valence-electron chi connectivity index (χ2n) is 4.96. The zero-order chi connectivity index (χ0) is 15.2. The van der Waals surface area contributed by atoms with Gasteiger partial charge in [0.05, 0.1) is 25.2 Å². The predicted octanol–water partition coefficient (Wildman–Crippen LogP) is 2.08. The first-order valence-corrected chi connectivity index (χ1v) is 7.90. The van der Waals surface area contributed by atoms with E-state index in [0.717, 1.165) is 11.3 Å². The number of thiophene rings is 1. The molecular weight excluding hydrogens is 292 g/mol. The molecule has 0 saturated carbocycles. The normalized spacial score (nSPS) is 20.0. The molecule has 0 aromatic carbocycles. The van der Waals surface area contributed by atoms with Gasteiger partial charge in [-0.3, -0.25) is 4.79 Å². The van der Waals surface area contributed by atoms with Crippen LogP contribution in [0.4, 0.5) is 4.79 Å². The Bertz CT molecular complexity index is 477. The Morgan fingerprint density at radius 3 is 3.05 bits per heavy atom.